The van der Waals surface area contributed by atoms with Crippen LogP contribution in [0, 0.1) is 11.6 Å². The van der Waals surface area contributed by atoms with Crippen LogP contribution in [0.2, 0.25) is 0 Å². The molecule has 1 saturated carbocycles. The summed E-state index contributed by atoms with van der Waals surface area (Å²) in [5.41, 5.74) is 6.91. The minimum atomic E-state index is -0.601. The van der Waals surface area contributed by atoms with Crippen LogP contribution in [0.4, 0.5) is 20.4 Å². The van der Waals surface area contributed by atoms with Crippen molar-refractivity contribution in [3.63, 3.8) is 0 Å². The highest BCUT2D eigenvalue weighted by atomic mass is 32.2. The zero-order valence-corrected chi connectivity index (χ0v) is 15.5. The molecule has 0 atom stereocenters. The van der Waals surface area contributed by atoms with E-state index >= 15 is 4.39 Å². The average Bonchev–Trinajstić information content (AvgIpc) is 2.68. The van der Waals surface area contributed by atoms with E-state index < -0.39 is 11.6 Å². The van der Waals surface area contributed by atoms with Gasteiger partial charge in [-0.3, -0.25) is 0 Å². The van der Waals surface area contributed by atoms with Gasteiger partial charge in [0.25, 0.3) is 0 Å². The summed E-state index contributed by atoms with van der Waals surface area (Å²) in [4.78, 5) is 8.07. The average molecular weight is 386 g/mol. The van der Waals surface area contributed by atoms with Crippen LogP contribution in [0.3, 0.4) is 0 Å². The normalized spacial score (nSPS) is 15.2. The number of halogens is 2. The van der Waals surface area contributed by atoms with Crippen molar-refractivity contribution in [1.29, 1.82) is 0 Å². The van der Waals surface area contributed by atoms with Crippen LogP contribution in [-0.2, 0) is 0 Å². The van der Waals surface area contributed by atoms with Crippen molar-refractivity contribution in [1.82, 2.24) is 9.97 Å². The molecule has 4 nitrogen and oxygen atoms in total. The number of aromatic nitrogens is 2. The molecule has 1 aliphatic rings. The minimum absolute atomic E-state index is 0.0528. The number of fused-ring (bicyclic) bond motifs is 1. The van der Waals surface area contributed by atoms with Gasteiger partial charge in [0.15, 0.2) is 5.82 Å². The van der Waals surface area contributed by atoms with Gasteiger partial charge in [-0.25, -0.2) is 18.7 Å². The van der Waals surface area contributed by atoms with Crippen molar-refractivity contribution in [3.8, 4) is 11.1 Å². The van der Waals surface area contributed by atoms with Crippen LogP contribution in [-0.4, -0.2) is 15.2 Å². The molecule has 1 aliphatic carbocycles. The minimum Gasteiger partial charge on any atom is -0.368 e. The van der Waals surface area contributed by atoms with Crippen LogP contribution in [0.1, 0.15) is 32.1 Å². The Kier molecular flexibility index (Phi) is 5.11. The molecule has 3 aromatic rings. The first-order chi connectivity index (χ1) is 13.1. The number of hydrogen-bond donors (Lipinski definition) is 2. The Bertz CT molecular complexity index is 974. The molecule has 0 bridgehead atoms. The number of hydrogen-bond acceptors (Lipinski definition) is 5. The number of nitrogens with zero attached hydrogens (tertiary/aromatic N) is 2. The lowest BCUT2D eigenvalue weighted by atomic mass is 10.0. The first-order valence-electron chi connectivity index (χ1n) is 9.04. The van der Waals surface area contributed by atoms with E-state index in [1.54, 1.807) is 24.4 Å². The number of nitrogens with two attached hydrogens (primary N) is 1. The molecule has 0 saturated heterocycles. The van der Waals surface area contributed by atoms with Crippen molar-refractivity contribution in [3.05, 3.63) is 48.2 Å². The summed E-state index contributed by atoms with van der Waals surface area (Å²) in [6.07, 6.45) is 7.49. The van der Waals surface area contributed by atoms with E-state index in [0.717, 1.165) is 12.8 Å². The summed E-state index contributed by atoms with van der Waals surface area (Å²) in [7, 11) is 0. The third-order valence-electron chi connectivity index (χ3n) is 4.87. The summed E-state index contributed by atoms with van der Waals surface area (Å²) in [5, 5.41) is 1.14. The largest absolute Gasteiger partial charge is 0.368 e. The van der Waals surface area contributed by atoms with Gasteiger partial charge in [0.1, 0.15) is 5.82 Å². The molecule has 0 unspecified atom stereocenters. The Morgan fingerprint density at radius 2 is 1.89 bits per heavy atom. The zero-order chi connectivity index (χ0) is 18.8. The molecule has 0 aliphatic heterocycles. The first kappa shape index (κ1) is 18.0. The van der Waals surface area contributed by atoms with Crippen LogP contribution in [0.15, 0.2) is 36.5 Å². The monoisotopic (exact) mass is 386 g/mol. The highest BCUT2D eigenvalue weighted by Crippen LogP contribution is 2.35. The van der Waals surface area contributed by atoms with Crippen molar-refractivity contribution in [2.24, 2.45) is 0 Å². The molecule has 0 radical (unpaired) electrons. The maximum atomic E-state index is 15.1. The van der Waals surface area contributed by atoms with Gasteiger partial charge >= 0.3 is 0 Å². The lowest BCUT2D eigenvalue weighted by molar-refractivity contribution is 0.516. The Morgan fingerprint density at radius 1 is 1.07 bits per heavy atom. The summed E-state index contributed by atoms with van der Waals surface area (Å²) in [5.74, 6) is -1.02. The van der Waals surface area contributed by atoms with E-state index in [4.69, 9.17) is 5.73 Å². The molecule has 140 valence electrons. The third kappa shape index (κ3) is 3.83. The molecular weight excluding hydrogens is 366 g/mol. The topological polar surface area (TPSA) is 63.8 Å². The fourth-order valence-electron chi connectivity index (χ4n) is 3.43. The molecule has 1 heterocycles. The molecule has 0 spiro atoms. The Balaban J connectivity index is 1.64. The lowest BCUT2D eigenvalue weighted by Crippen LogP contribution is -2.11. The van der Waals surface area contributed by atoms with Gasteiger partial charge in [-0.05, 0) is 54.6 Å². The zero-order valence-electron chi connectivity index (χ0n) is 14.7. The fourth-order valence-corrected chi connectivity index (χ4v) is 4.45. The number of nitrogen functional groups attached to an aromatic ring is 1. The highest BCUT2D eigenvalue weighted by Gasteiger charge is 2.19. The molecule has 1 fully saturated rings. The second-order valence-corrected chi connectivity index (χ2v) is 7.87. The van der Waals surface area contributed by atoms with E-state index in [-0.39, 0.29) is 11.5 Å². The summed E-state index contributed by atoms with van der Waals surface area (Å²) < 4.78 is 32.6. The summed E-state index contributed by atoms with van der Waals surface area (Å²) in [6, 6.07) is 7.77. The number of anilines is 2. The van der Waals surface area contributed by atoms with E-state index in [0.29, 0.717) is 27.4 Å². The van der Waals surface area contributed by atoms with Crippen molar-refractivity contribution in [2.45, 2.75) is 37.4 Å². The second kappa shape index (κ2) is 7.68. The van der Waals surface area contributed by atoms with E-state index in [1.807, 2.05) is 0 Å². The van der Waals surface area contributed by atoms with Crippen LogP contribution >= 0.6 is 11.9 Å². The van der Waals surface area contributed by atoms with Crippen molar-refractivity contribution in [2.75, 3.05) is 10.5 Å². The van der Waals surface area contributed by atoms with Gasteiger partial charge < -0.3 is 10.5 Å². The van der Waals surface area contributed by atoms with E-state index in [2.05, 4.69) is 14.7 Å². The van der Waals surface area contributed by atoms with Gasteiger partial charge in [0.05, 0.1) is 16.8 Å². The molecular formula is C20H20F2N4S. The maximum Gasteiger partial charge on any atom is 0.220 e. The molecule has 4 rings (SSSR count). The predicted molar refractivity (Wildman–Crippen MR) is 107 cm³/mol. The summed E-state index contributed by atoms with van der Waals surface area (Å²) >= 11 is 1.53. The smallest absolute Gasteiger partial charge is 0.220 e. The SMILES string of the molecule is Nc1ncc2cc(-c3c(F)ccc(NSC4CCCCC4)c3F)ccc2n1. The molecule has 7 heteroatoms. The van der Waals surface area contributed by atoms with Crippen LogP contribution < -0.4 is 10.5 Å². The molecule has 2 aromatic carbocycles. The number of rotatable bonds is 4. The van der Waals surface area contributed by atoms with Gasteiger partial charge in [0, 0.05) is 16.8 Å². The van der Waals surface area contributed by atoms with Crippen molar-refractivity contribution >= 4 is 34.5 Å². The quantitative estimate of drug-likeness (QED) is 0.576. The standard InChI is InChI=1S/C20H20F2N4S/c21-15-7-9-17(26-27-14-4-2-1-3-5-14)19(22)18(15)12-6-8-16-13(10-12)11-24-20(23)25-16/h6-11,14,26H,1-5H2,(H2,23,24,25). The molecule has 0 amide bonds. The number of nitrogens with one attached hydrogen (secondary N) is 1. The fraction of sp³-hybridized carbons (Fsp3) is 0.300. The van der Waals surface area contributed by atoms with Crippen molar-refractivity contribution < 1.29 is 8.78 Å². The molecule has 1 aromatic heterocycles. The van der Waals surface area contributed by atoms with Crippen LogP contribution in [0.25, 0.3) is 22.0 Å². The molecule has 27 heavy (non-hydrogen) atoms. The first-order valence-corrected chi connectivity index (χ1v) is 9.92. The summed E-state index contributed by atoms with van der Waals surface area (Å²) in [6.45, 7) is 0. The Labute approximate surface area is 160 Å². The van der Waals surface area contributed by atoms with Gasteiger partial charge in [0.2, 0.25) is 5.95 Å². The maximum absolute atomic E-state index is 15.1. The number of benzene rings is 2. The predicted octanol–water partition coefficient (Wildman–Crippen LogP) is 5.55. The van der Waals surface area contributed by atoms with Gasteiger partial charge in [-0.1, -0.05) is 25.3 Å². The molecule has 3 N–H and O–H groups in total. The highest BCUT2D eigenvalue weighted by molar-refractivity contribution is 8.01. The van der Waals surface area contributed by atoms with E-state index in [9.17, 15) is 4.39 Å². The third-order valence-corrected chi connectivity index (χ3v) is 6.01. The second-order valence-electron chi connectivity index (χ2n) is 6.77. The Morgan fingerprint density at radius 3 is 2.70 bits per heavy atom. The lowest BCUT2D eigenvalue weighted by Gasteiger charge is -2.21. The van der Waals surface area contributed by atoms with Crippen LogP contribution in [0.5, 0.6) is 0 Å². The van der Waals surface area contributed by atoms with Gasteiger partial charge in [-0.2, -0.15) is 0 Å². The Hall–Kier alpha value is -2.41. The van der Waals surface area contributed by atoms with Gasteiger partial charge in [-0.15, -0.1) is 0 Å². The van der Waals surface area contributed by atoms with E-state index in [1.165, 1.54) is 43.3 Å².